The van der Waals surface area contributed by atoms with Crippen LogP contribution in [0.5, 0.6) is 0 Å². The molecule has 0 aliphatic heterocycles. The van der Waals surface area contributed by atoms with Crippen LogP contribution in [0.2, 0.25) is 5.02 Å². The quantitative estimate of drug-likeness (QED) is 0.503. The summed E-state index contributed by atoms with van der Waals surface area (Å²) < 4.78 is 2.69. The second-order valence-electron chi connectivity index (χ2n) is 7.29. The van der Waals surface area contributed by atoms with E-state index in [9.17, 15) is 9.59 Å². The molecule has 0 spiro atoms. The standard InChI is InChI=1S/C23H22ClN5O2/c1-3-16-7-9-18(10-8-16)20-12-21-23(31)28(26-15(2)29(21)27-20)14-22(30)25-13-17-5-4-6-19(24)11-17/h4-12H,3,13-14H2,1-2H3,(H,25,30). The number of benzene rings is 2. The number of rotatable bonds is 6. The Hall–Kier alpha value is -3.45. The van der Waals surface area contributed by atoms with Crippen molar-refractivity contribution in [3.63, 3.8) is 0 Å². The van der Waals surface area contributed by atoms with Crippen molar-refractivity contribution in [1.82, 2.24) is 24.7 Å². The maximum absolute atomic E-state index is 12.9. The molecular weight excluding hydrogens is 414 g/mol. The van der Waals surface area contributed by atoms with E-state index >= 15 is 0 Å². The van der Waals surface area contributed by atoms with Crippen LogP contribution in [-0.2, 0) is 24.3 Å². The van der Waals surface area contributed by atoms with Gasteiger partial charge in [0.1, 0.15) is 17.9 Å². The summed E-state index contributed by atoms with van der Waals surface area (Å²) in [4.78, 5) is 25.3. The van der Waals surface area contributed by atoms with Gasteiger partial charge in [0.25, 0.3) is 5.56 Å². The minimum Gasteiger partial charge on any atom is -0.350 e. The second kappa shape index (κ2) is 8.73. The molecule has 0 saturated heterocycles. The Morgan fingerprint density at radius 2 is 1.84 bits per heavy atom. The number of aryl methyl sites for hydroxylation is 2. The summed E-state index contributed by atoms with van der Waals surface area (Å²) in [5.41, 5.74) is 3.73. The fraction of sp³-hybridized carbons (Fsp3) is 0.217. The molecule has 0 fully saturated rings. The van der Waals surface area contributed by atoms with Gasteiger partial charge < -0.3 is 5.32 Å². The molecule has 2 aromatic heterocycles. The van der Waals surface area contributed by atoms with Crippen LogP contribution in [0.1, 0.15) is 23.9 Å². The Morgan fingerprint density at radius 1 is 1.06 bits per heavy atom. The van der Waals surface area contributed by atoms with Crippen LogP contribution in [0.25, 0.3) is 16.8 Å². The maximum atomic E-state index is 12.9. The lowest BCUT2D eigenvalue weighted by atomic mass is 10.1. The highest BCUT2D eigenvalue weighted by atomic mass is 35.5. The van der Waals surface area contributed by atoms with Crippen LogP contribution in [0, 0.1) is 6.92 Å². The van der Waals surface area contributed by atoms with Crippen molar-refractivity contribution in [1.29, 1.82) is 0 Å². The van der Waals surface area contributed by atoms with Gasteiger partial charge in [-0.1, -0.05) is 54.9 Å². The molecule has 1 N–H and O–H groups in total. The lowest BCUT2D eigenvalue weighted by Gasteiger charge is -2.08. The molecule has 0 radical (unpaired) electrons. The summed E-state index contributed by atoms with van der Waals surface area (Å²) in [5, 5.41) is 12.2. The third kappa shape index (κ3) is 4.51. The Kier molecular flexibility index (Phi) is 5.86. The number of halogens is 1. The van der Waals surface area contributed by atoms with Crippen molar-refractivity contribution >= 4 is 23.0 Å². The lowest BCUT2D eigenvalue weighted by molar-refractivity contribution is -0.122. The summed E-state index contributed by atoms with van der Waals surface area (Å²) in [6, 6.07) is 17.1. The zero-order chi connectivity index (χ0) is 22.0. The molecule has 0 bridgehead atoms. The minimum atomic E-state index is -0.368. The van der Waals surface area contributed by atoms with Gasteiger partial charge >= 0.3 is 0 Å². The highest BCUT2D eigenvalue weighted by Gasteiger charge is 2.14. The van der Waals surface area contributed by atoms with E-state index < -0.39 is 0 Å². The van der Waals surface area contributed by atoms with Crippen molar-refractivity contribution in [3.8, 4) is 11.3 Å². The molecule has 31 heavy (non-hydrogen) atoms. The first-order valence-electron chi connectivity index (χ1n) is 10.0. The molecule has 0 aliphatic carbocycles. The zero-order valence-electron chi connectivity index (χ0n) is 17.3. The van der Waals surface area contributed by atoms with Gasteiger partial charge in [0.2, 0.25) is 5.91 Å². The van der Waals surface area contributed by atoms with Gasteiger partial charge in [-0.15, -0.1) is 0 Å². The molecule has 4 rings (SSSR count). The summed E-state index contributed by atoms with van der Waals surface area (Å²) >= 11 is 5.97. The van der Waals surface area contributed by atoms with E-state index in [1.807, 2.05) is 36.4 Å². The average molecular weight is 436 g/mol. The highest BCUT2D eigenvalue weighted by Crippen LogP contribution is 2.19. The summed E-state index contributed by atoms with van der Waals surface area (Å²) in [7, 11) is 0. The van der Waals surface area contributed by atoms with Crippen LogP contribution in [0.3, 0.4) is 0 Å². The lowest BCUT2D eigenvalue weighted by Crippen LogP contribution is -2.34. The Morgan fingerprint density at radius 3 is 2.55 bits per heavy atom. The SMILES string of the molecule is CCc1ccc(-c2cc3c(=O)n(CC(=O)NCc4cccc(Cl)c4)nc(C)n3n2)cc1. The van der Waals surface area contributed by atoms with Crippen molar-refractivity contribution in [2.24, 2.45) is 0 Å². The largest absolute Gasteiger partial charge is 0.350 e. The fourth-order valence-electron chi connectivity index (χ4n) is 3.37. The molecule has 2 heterocycles. The molecule has 7 nitrogen and oxygen atoms in total. The minimum absolute atomic E-state index is 0.178. The van der Waals surface area contributed by atoms with Crippen LogP contribution < -0.4 is 10.9 Å². The Balaban J connectivity index is 1.56. The first kappa shape index (κ1) is 20.8. The smallest absolute Gasteiger partial charge is 0.293 e. The first-order chi connectivity index (χ1) is 14.9. The predicted molar refractivity (Wildman–Crippen MR) is 120 cm³/mol. The van der Waals surface area contributed by atoms with E-state index in [0.717, 1.165) is 17.5 Å². The molecule has 158 valence electrons. The third-order valence-corrected chi connectivity index (χ3v) is 5.30. The van der Waals surface area contributed by atoms with Gasteiger partial charge in [0, 0.05) is 17.1 Å². The fourth-order valence-corrected chi connectivity index (χ4v) is 3.59. The highest BCUT2D eigenvalue weighted by molar-refractivity contribution is 6.30. The second-order valence-corrected chi connectivity index (χ2v) is 7.73. The van der Waals surface area contributed by atoms with E-state index in [1.165, 1.54) is 14.8 Å². The number of hydrogen-bond donors (Lipinski definition) is 1. The van der Waals surface area contributed by atoms with Crippen molar-refractivity contribution in [2.75, 3.05) is 0 Å². The molecule has 2 aromatic carbocycles. The van der Waals surface area contributed by atoms with Crippen molar-refractivity contribution in [3.05, 3.63) is 86.9 Å². The normalized spacial score (nSPS) is 11.1. The van der Waals surface area contributed by atoms with E-state index in [1.54, 1.807) is 25.1 Å². The average Bonchev–Trinajstić information content (AvgIpc) is 3.22. The number of carbonyl (C=O) groups is 1. The number of nitrogens with zero attached hydrogens (tertiary/aromatic N) is 4. The van der Waals surface area contributed by atoms with Crippen LogP contribution in [0.4, 0.5) is 0 Å². The topological polar surface area (TPSA) is 81.3 Å². The van der Waals surface area contributed by atoms with Gasteiger partial charge in [-0.25, -0.2) is 9.20 Å². The van der Waals surface area contributed by atoms with E-state index in [-0.39, 0.29) is 18.0 Å². The number of hydrogen-bond acceptors (Lipinski definition) is 4. The molecule has 4 aromatic rings. The molecule has 0 atom stereocenters. The Labute approximate surface area is 184 Å². The summed E-state index contributed by atoms with van der Waals surface area (Å²) in [6.45, 7) is 3.99. The zero-order valence-corrected chi connectivity index (χ0v) is 18.1. The molecule has 0 unspecified atom stereocenters. The van der Waals surface area contributed by atoms with Crippen LogP contribution in [0.15, 0.2) is 59.4 Å². The third-order valence-electron chi connectivity index (χ3n) is 5.06. The van der Waals surface area contributed by atoms with Gasteiger partial charge in [0.15, 0.2) is 0 Å². The van der Waals surface area contributed by atoms with Gasteiger partial charge in [-0.05, 0) is 42.7 Å². The summed E-state index contributed by atoms with van der Waals surface area (Å²) in [5.74, 6) is 0.210. The maximum Gasteiger partial charge on any atom is 0.293 e. The van der Waals surface area contributed by atoms with Gasteiger partial charge in [-0.2, -0.15) is 10.2 Å². The number of fused-ring (bicyclic) bond motifs is 1. The first-order valence-corrected chi connectivity index (χ1v) is 10.4. The van der Waals surface area contributed by atoms with E-state index in [4.69, 9.17) is 11.6 Å². The van der Waals surface area contributed by atoms with E-state index in [0.29, 0.717) is 28.6 Å². The summed E-state index contributed by atoms with van der Waals surface area (Å²) in [6.07, 6.45) is 0.957. The molecule has 0 saturated carbocycles. The molecule has 8 heteroatoms. The van der Waals surface area contributed by atoms with Gasteiger partial charge in [-0.3, -0.25) is 9.59 Å². The van der Waals surface area contributed by atoms with Crippen molar-refractivity contribution in [2.45, 2.75) is 33.4 Å². The Bertz CT molecular complexity index is 1310. The van der Waals surface area contributed by atoms with Crippen LogP contribution >= 0.6 is 11.6 Å². The predicted octanol–water partition coefficient (Wildman–Crippen LogP) is 3.40. The molecular formula is C23H22ClN5O2. The van der Waals surface area contributed by atoms with E-state index in [2.05, 4.69) is 22.4 Å². The van der Waals surface area contributed by atoms with Crippen LogP contribution in [-0.4, -0.2) is 25.3 Å². The number of aromatic nitrogens is 4. The molecule has 1 amide bonds. The number of nitrogens with one attached hydrogen (secondary N) is 1. The monoisotopic (exact) mass is 435 g/mol. The van der Waals surface area contributed by atoms with Crippen molar-refractivity contribution < 1.29 is 4.79 Å². The molecule has 0 aliphatic rings. The van der Waals surface area contributed by atoms with Gasteiger partial charge in [0.05, 0.1) is 5.69 Å². The number of carbonyl (C=O) groups excluding carboxylic acids is 1. The number of amides is 1.